The standard InChI is InChI=1S/C18H18FN5O2S/c1-26-17(25)15-13(23-24-9-5-4-8-14(15)24)10-27-18-20-16(21-22-18)11-6-2-3-7-12(11)19/h2-3,6-7H,4-5,8-10H2,1H3,(H,20,21,22). The third kappa shape index (κ3) is 3.46. The first-order valence-corrected chi connectivity index (χ1v) is 9.63. The van der Waals surface area contributed by atoms with Gasteiger partial charge >= 0.3 is 5.97 Å². The molecule has 7 nitrogen and oxygen atoms in total. The second-order valence-electron chi connectivity index (χ2n) is 6.18. The van der Waals surface area contributed by atoms with E-state index in [9.17, 15) is 9.18 Å². The molecule has 1 aliphatic rings. The van der Waals surface area contributed by atoms with Crippen LogP contribution in [0.15, 0.2) is 29.4 Å². The molecule has 1 aliphatic heterocycles. The quantitative estimate of drug-likeness (QED) is 0.534. The number of aromatic nitrogens is 5. The number of fused-ring (bicyclic) bond motifs is 1. The zero-order valence-corrected chi connectivity index (χ0v) is 15.6. The number of hydrogen-bond acceptors (Lipinski definition) is 6. The fourth-order valence-corrected chi connectivity index (χ4v) is 3.93. The Kier molecular flexibility index (Phi) is 4.93. The van der Waals surface area contributed by atoms with Crippen LogP contribution in [0.4, 0.5) is 4.39 Å². The highest BCUT2D eigenvalue weighted by Crippen LogP contribution is 2.28. The van der Waals surface area contributed by atoms with Crippen LogP contribution in [0.25, 0.3) is 11.4 Å². The molecule has 0 unspecified atom stereocenters. The second-order valence-corrected chi connectivity index (χ2v) is 7.12. The number of hydrogen-bond donors (Lipinski definition) is 1. The maximum atomic E-state index is 13.9. The van der Waals surface area contributed by atoms with E-state index >= 15 is 0 Å². The van der Waals surface area contributed by atoms with Gasteiger partial charge in [-0.15, -0.1) is 5.10 Å². The van der Waals surface area contributed by atoms with Crippen LogP contribution in [-0.4, -0.2) is 38.0 Å². The summed E-state index contributed by atoms with van der Waals surface area (Å²) in [6, 6.07) is 6.39. The summed E-state index contributed by atoms with van der Waals surface area (Å²) < 4.78 is 20.7. The van der Waals surface area contributed by atoms with Gasteiger partial charge in [0.15, 0.2) is 5.82 Å². The van der Waals surface area contributed by atoms with Gasteiger partial charge in [-0.1, -0.05) is 23.9 Å². The number of aryl methyl sites for hydroxylation is 1. The van der Waals surface area contributed by atoms with E-state index in [4.69, 9.17) is 4.74 Å². The van der Waals surface area contributed by atoms with Crippen molar-refractivity contribution >= 4 is 17.7 Å². The SMILES string of the molecule is COC(=O)c1c(CSc2n[nH]c(-c3ccccc3F)n2)nn2c1CCCC2. The first-order chi connectivity index (χ1) is 13.2. The molecule has 0 fully saturated rings. The van der Waals surface area contributed by atoms with Crippen LogP contribution < -0.4 is 0 Å². The molecule has 2 aromatic heterocycles. The molecular formula is C18H18FN5O2S. The van der Waals surface area contributed by atoms with Crippen molar-refractivity contribution in [3.05, 3.63) is 47.0 Å². The lowest BCUT2D eigenvalue weighted by atomic mass is 10.1. The topological polar surface area (TPSA) is 85.7 Å². The molecule has 27 heavy (non-hydrogen) atoms. The molecule has 3 heterocycles. The third-order valence-electron chi connectivity index (χ3n) is 4.49. The van der Waals surface area contributed by atoms with Crippen LogP contribution in [0.5, 0.6) is 0 Å². The highest BCUT2D eigenvalue weighted by molar-refractivity contribution is 7.98. The Hall–Kier alpha value is -2.68. The minimum Gasteiger partial charge on any atom is -0.465 e. The molecule has 4 rings (SSSR count). The van der Waals surface area contributed by atoms with Gasteiger partial charge in [-0.05, 0) is 31.4 Å². The Labute approximate surface area is 159 Å². The molecule has 0 saturated carbocycles. The van der Waals surface area contributed by atoms with E-state index in [0.29, 0.717) is 33.6 Å². The summed E-state index contributed by atoms with van der Waals surface area (Å²) in [4.78, 5) is 16.6. The molecule has 0 radical (unpaired) electrons. The number of carbonyl (C=O) groups excluding carboxylic acids is 1. The lowest BCUT2D eigenvalue weighted by Crippen LogP contribution is -2.14. The second kappa shape index (κ2) is 7.51. The van der Waals surface area contributed by atoms with Crippen molar-refractivity contribution in [3.8, 4) is 11.4 Å². The lowest BCUT2D eigenvalue weighted by molar-refractivity contribution is 0.0598. The normalized spacial score (nSPS) is 13.4. The van der Waals surface area contributed by atoms with Crippen LogP contribution in [0.3, 0.4) is 0 Å². The van der Waals surface area contributed by atoms with Gasteiger partial charge in [0.1, 0.15) is 11.4 Å². The van der Waals surface area contributed by atoms with Crippen LogP contribution in [0.2, 0.25) is 0 Å². The zero-order valence-electron chi connectivity index (χ0n) is 14.7. The van der Waals surface area contributed by atoms with Gasteiger partial charge in [0.25, 0.3) is 0 Å². The highest BCUT2D eigenvalue weighted by atomic mass is 32.2. The van der Waals surface area contributed by atoms with Crippen molar-refractivity contribution in [3.63, 3.8) is 0 Å². The Morgan fingerprint density at radius 3 is 3.04 bits per heavy atom. The summed E-state index contributed by atoms with van der Waals surface area (Å²) in [5.41, 5.74) is 2.52. The molecule has 0 aliphatic carbocycles. The number of esters is 1. The van der Waals surface area contributed by atoms with Crippen molar-refractivity contribution in [1.82, 2.24) is 25.0 Å². The largest absolute Gasteiger partial charge is 0.465 e. The van der Waals surface area contributed by atoms with E-state index in [1.165, 1.54) is 24.9 Å². The van der Waals surface area contributed by atoms with Gasteiger partial charge in [-0.2, -0.15) is 5.10 Å². The predicted octanol–water partition coefficient (Wildman–Crippen LogP) is 3.22. The van der Waals surface area contributed by atoms with E-state index < -0.39 is 0 Å². The van der Waals surface area contributed by atoms with Crippen molar-refractivity contribution in [1.29, 1.82) is 0 Å². The number of halogens is 1. The minimum absolute atomic E-state index is 0.361. The molecule has 3 aromatic rings. The zero-order chi connectivity index (χ0) is 18.8. The van der Waals surface area contributed by atoms with Gasteiger partial charge in [0, 0.05) is 12.3 Å². The van der Waals surface area contributed by atoms with Gasteiger partial charge in [-0.25, -0.2) is 14.2 Å². The van der Waals surface area contributed by atoms with Crippen molar-refractivity contribution in [2.24, 2.45) is 0 Å². The number of nitrogens with zero attached hydrogens (tertiary/aromatic N) is 4. The molecule has 0 bridgehead atoms. The number of methoxy groups -OCH3 is 1. The number of carbonyl (C=O) groups is 1. The molecule has 1 N–H and O–H groups in total. The van der Waals surface area contributed by atoms with Gasteiger partial charge < -0.3 is 4.74 Å². The number of benzene rings is 1. The number of ether oxygens (including phenoxy) is 1. The Balaban J connectivity index is 1.55. The number of rotatable bonds is 5. The smallest absolute Gasteiger partial charge is 0.341 e. The highest BCUT2D eigenvalue weighted by Gasteiger charge is 2.26. The summed E-state index contributed by atoms with van der Waals surface area (Å²) in [6.07, 6.45) is 2.91. The van der Waals surface area contributed by atoms with Gasteiger partial charge in [0.2, 0.25) is 5.16 Å². The van der Waals surface area contributed by atoms with E-state index in [0.717, 1.165) is 31.5 Å². The van der Waals surface area contributed by atoms with Crippen molar-refractivity contribution in [2.45, 2.75) is 36.7 Å². The molecule has 0 atom stereocenters. The van der Waals surface area contributed by atoms with E-state index in [1.54, 1.807) is 18.2 Å². The summed E-state index contributed by atoms with van der Waals surface area (Å²) in [7, 11) is 1.38. The fraction of sp³-hybridized carbons (Fsp3) is 0.333. The molecule has 140 valence electrons. The first kappa shape index (κ1) is 17.7. The average molecular weight is 387 g/mol. The maximum Gasteiger partial charge on any atom is 0.341 e. The van der Waals surface area contributed by atoms with Crippen LogP contribution in [0, 0.1) is 5.82 Å². The van der Waals surface area contributed by atoms with Crippen LogP contribution in [-0.2, 0) is 23.5 Å². The molecular weight excluding hydrogens is 369 g/mol. The van der Waals surface area contributed by atoms with E-state index in [1.807, 2.05) is 4.68 Å². The van der Waals surface area contributed by atoms with E-state index in [2.05, 4.69) is 20.3 Å². The molecule has 1 aromatic carbocycles. The maximum absolute atomic E-state index is 13.9. The summed E-state index contributed by atoms with van der Waals surface area (Å²) >= 11 is 1.34. The Morgan fingerprint density at radius 2 is 2.22 bits per heavy atom. The van der Waals surface area contributed by atoms with Crippen molar-refractivity contribution < 1.29 is 13.9 Å². The molecule has 0 spiro atoms. The van der Waals surface area contributed by atoms with Crippen molar-refractivity contribution in [2.75, 3.05) is 7.11 Å². The molecule has 9 heteroatoms. The first-order valence-electron chi connectivity index (χ1n) is 8.64. The van der Waals surface area contributed by atoms with Crippen LogP contribution in [0.1, 0.15) is 34.6 Å². The summed E-state index contributed by atoms with van der Waals surface area (Å²) in [5, 5.41) is 11.9. The summed E-state index contributed by atoms with van der Waals surface area (Å²) in [6.45, 7) is 0.808. The Morgan fingerprint density at radius 1 is 1.37 bits per heavy atom. The number of nitrogens with one attached hydrogen (secondary N) is 1. The minimum atomic E-state index is -0.365. The number of thioether (sulfide) groups is 1. The molecule has 0 saturated heterocycles. The predicted molar refractivity (Wildman–Crippen MR) is 97.8 cm³/mol. The average Bonchev–Trinajstić information content (AvgIpc) is 3.30. The monoisotopic (exact) mass is 387 g/mol. The van der Waals surface area contributed by atoms with Gasteiger partial charge in [-0.3, -0.25) is 9.78 Å². The summed E-state index contributed by atoms with van der Waals surface area (Å²) in [5.74, 6) is 0.0718. The van der Waals surface area contributed by atoms with E-state index in [-0.39, 0.29) is 11.8 Å². The van der Waals surface area contributed by atoms with Gasteiger partial charge in [0.05, 0.1) is 24.1 Å². The molecule has 0 amide bonds. The Bertz CT molecular complexity index is 984. The number of aromatic amines is 1. The third-order valence-corrected chi connectivity index (χ3v) is 5.34. The number of H-pyrrole nitrogens is 1. The fourth-order valence-electron chi connectivity index (χ4n) is 3.20. The van der Waals surface area contributed by atoms with Crippen LogP contribution >= 0.6 is 11.8 Å². The lowest BCUT2D eigenvalue weighted by Gasteiger charge is -2.13.